The summed E-state index contributed by atoms with van der Waals surface area (Å²) in [5.41, 5.74) is 0. The fourth-order valence-electron chi connectivity index (χ4n) is 0.708. The van der Waals surface area contributed by atoms with Crippen LogP contribution in [0.1, 0.15) is 0 Å². The zero-order valence-corrected chi connectivity index (χ0v) is 11.7. The van der Waals surface area contributed by atoms with Crippen LogP contribution in [0.4, 0.5) is 5.82 Å². The lowest BCUT2D eigenvalue weighted by molar-refractivity contribution is 0.606. The third-order valence-electron chi connectivity index (χ3n) is 1.05. The standard InChI is InChI=1S/C6H6I2N2O2S/c1-13(11,12)10-6-3-4(7)2-5(8)9-6/h2-3H,1H3,(H,9,10). The second kappa shape index (κ2) is 4.26. The van der Waals surface area contributed by atoms with E-state index < -0.39 is 10.0 Å². The quantitative estimate of drug-likeness (QED) is 0.581. The van der Waals surface area contributed by atoms with E-state index in [1.807, 2.05) is 28.7 Å². The summed E-state index contributed by atoms with van der Waals surface area (Å²) in [6, 6.07) is 3.53. The van der Waals surface area contributed by atoms with Crippen LogP contribution in [0.3, 0.4) is 0 Å². The molecule has 1 aromatic heterocycles. The van der Waals surface area contributed by atoms with Crippen molar-refractivity contribution in [1.29, 1.82) is 0 Å². The van der Waals surface area contributed by atoms with Crippen molar-refractivity contribution in [2.75, 3.05) is 11.0 Å². The van der Waals surface area contributed by atoms with E-state index in [1.165, 1.54) is 0 Å². The molecule has 0 atom stereocenters. The third-order valence-corrected chi connectivity index (χ3v) is 2.80. The molecule has 0 saturated carbocycles. The SMILES string of the molecule is CS(=O)(=O)Nc1cc(I)cc(I)n1. The Balaban J connectivity index is 3.03. The van der Waals surface area contributed by atoms with E-state index in [0.717, 1.165) is 13.5 Å². The molecule has 0 saturated heterocycles. The predicted molar refractivity (Wildman–Crippen MR) is 68.1 cm³/mol. The van der Waals surface area contributed by atoms with Crippen molar-refractivity contribution in [3.05, 3.63) is 19.4 Å². The number of hydrogen-bond acceptors (Lipinski definition) is 3. The molecule has 0 radical (unpaired) electrons. The zero-order valence-electron chi connectivity index (χ0n) is 6.58. The summed E-state index contributed by atoms with van der Waals surface area (Å²) < 4.78 is 25.8. The van der Waals surface area contributed by atoms with Crippen LogP contribution in [-0.2, 0) is 10.0 Å². The minimum absolute atomic E-state index is 0.360. The molecule has 0 bridgehead atoms. The number of sulfonamides is 1. The monoisotopic (exact) mass is 424 g/mol. The number of anilines is 1. The topological polar surface area (TPSA) is 59.1 Å². The number of hydrogen-bond donors (Lipinski definition) is 1. The molecule has 0 spiro atoms. The molecule has 72 valence electrons. The molecule has 0 aliphatic heterocycles. The van der Waals surface area contributed by atoms with Crippen molar-refractivity contribution in [1.82, 2.24) is 4.98 Å². The Morgan fingerprint density at radius 3 is 2.46 bits per heavy atom. The van der Waals surface area contributed by atoms with Gasteiger partial charge in [-0.1, -0.05) is 0 Å². The molecule has 13 heavy (non-hydrogen) atoms. The number of pyridine rings is 1. The van der Waals surface area contributed by atoms with E-state index in [0.29, 0.717) is 5.82 Å². The van der Waals surface area contributed by atoms with Gasteiger partial charge in [0.15, 0.2) is 0 Å². The van der Waals surface area contributed by atoms with Gasteiger partial charge in [-0.25, -0.2) is 13.4 Å². The molecule has 1 heterocycles. The summed E-state index contributed by atoms with van der Waals surface area (Å²) in [6.45, 7) is 0. The first kappa shape index (κ1) is 11.4. The Kier molecular flexibility index (Phi) is 3.74. The summed E-state index contributed by atoms with van der Waals surface area (Å²) in [5, 5.41) is 0. The van der Waals surface area contributed by atoms with E-state index in [1.54, 1.807) is 6.07 Å². The Morgan fingerprint density at radius 2 is 2.00 bits per heavy atom. The van der Waals surface area contributed by atoms with Crippen LogP contribution in [0.25, 0.3) is 0 Å². The summed E-state index contributed by atoms with van der Waals surface area (Å²) >= 11 is 4.13. The fraction of sp³-hybridized carbons (Fsp3) is 0.167. The highest BCUT2D eigenvalue weighted by Gasteiger charge is 2.04. The molecule has 0 aliphatic rings. The van der Waals surface area contributed by atoms with Crippen molar-refractivity contribution >= 4 is 61.0 Å². The van der Waals surface area contributed by atoms with Crippen molar-refractivity contribution in [2.45, 2.75) is 0 Å². The predicted octanol–water partition coefficient (Wildman–Crippen LogP) is 1.66. The van der Waals surface area contributed by atoms with Crippen LogP contribution in [0.5, 0.6) is 0 Å². The Hall–Kier alpha value is 0.360. The van der Waals surface area contributed by atoms with Gasteiger partial charge in [0.25, 0.3) is 0 Å². The van der Waals surface area contributed by atoms with Gasteiger partial charge in [0, 0.05) is 3.57 Å². The second-order valence-electron chi connectivity index (χ2n) is 2.37. The number of nitrogens with one attached hydrogen (secondary N) is 1. The van der Waals surface area contributed by atoms with Crippen LogP contribution in [-0.4, -0.2) is 19.7 Å². The van der Waals surface area contributed by atoms with Gasteiger partial charge in [0.1, 0.15) is 9.52 Å². The highest BCUT2D eigenvalue weighted by atomic mass is 127. The van der Waals surface area contributed by atoms with Gasteiger partial charge in [-0.3, -0.25) is 4.72 Å². The van der Waals surface area contributed by atoms with Crippen molar-refractivity contribution in [3.63, 3.8) is 0 Å². The van der Waals surface area contributed by atoms with Crippen LogP contribution in [0, 0.1) is 7.27 Å². The van der Waals surface area contributed by atoms with Gasteiger partial charge >= 0.3 is 0 Å². The van der Waals surface area contributed by atoms with E-state index >= 15 is 0 Å². The van der Waals surface area contributed by atoms with Crippen LogP contribution < -0.4 is 4.72 Å². The molecule has 1 aromatic rings. The first-order chi connectivity index (χ1) is 5.87. The minimum atomic E-state index is -3.23. The number of halogens is 2. The number of rotatable bonds is 2. The Morgan fingerprint density at radius 1 is 1.38 bits per heavy atom. The van der Waals surface area contributed by atoms with Crippen molar-refractivity contribution in [2.24, 2.45) is 0 Å². The summed E-state index contributed by atoms with van der Waals surface area (Å²) in [6.07, 6.45) is 1.10. The molecular weight excluding hydrogens is 418 g/mol. The first-order valence-corrected chi connectivity index (χ1v) is 7.22. The van der Waals surface area contributed by atoms with Crippen LogP contribution >= 0.6 is 45.2 Å². The molecule has 7 heteroatoms. The largest absolute Gasteiger partial charge is 0.268 e. The molecular formula is C6H6I2N2O2S. The molecule has 0 aromatic carbocycles. The molecule has 0 fully saturated rings. The van der Waals surface area contributed by atoms with Crippen LogP contribution in [0.15, 0.2) is 12.1 Å². The van der Waals surface area contributed by atoms with Gasteiger partial charge in [0.2, 0.25) is 10.0 Å². The summed E-state index contributed by atoms with van der Waals surface area (Å²) in [4.78, 5) is 4.01. The fourth-order valence-corrected chi connectivity index (χ4v) is 2.97. The lowest BCUT2D eigenvalue weighted by atomic mass is 10.5. The van der Waals surface area contributed by atoms with Crippen LogP contribution in [0.2, 0.25) is 0 Å². The Bertz CT molecular complexity index is 398. The van der Waals surface area contributed by atoms with E-state index in [9.17, 15) is 8.42 Å². The van der Waals surface area contributed by atoms with Crippen molar-refractivity contribution < 1.29 is 8.42 Å². The van der Waals surface area contributed by atoms with E-state index in [4.69, 9.17) is 0 Å². The smallest absolute Gasteiger partial charge is 0.230 e. The normalized spacial score (nSPS) is 11.3. The summed E-state index contributed by atoms with van der Waals surface area (Å²) in [7, 11) is -3.23. The molecule has 0 aliphatic carbocycles. The minimum Gasteiger partial charge on any atom is -0.268 e. The van der Waals surface area contributed by atoms with Gasteiger partial charge in [0.05, 0.1) is 6.26 Å². The maximum absolute atomic E-state index is 10.9. The van der Waals surface area contributed by atoms with E-state index in [2.05, 4.69) is 32.3 Å². The summed E-state index contributed by atoms with van der Waals surface area (Å²) in [5.74, 6) is 0.360. The van der Waals surface area contributed by atoms with E-state index in [-0.39, 0.29) is 0 Å². The lowest BCUT2D eigenvalue weighted by Crippen LogP contribution is -2.11. The highest BCUT2D eigenvalue weighted by Crippen LogP contribution is 2.14. The number of aromatic nitrogens is 1. The first-order valence-electron chi connectivity index (χ1n) is 3.18. The number of nitrogens with zero attached hydrogens (tertiary/aromatic N) is 1. The Labute approximate surface area is 104 Å². The van der Waals surface area contributed by atoms with Gasteiger partial charge in [-0.15, -0.1) is 0 Å². The molecule has 1 N–H and O–H groups in total. The average molecular weight is 424 g/mol. The van der Waals surface area contributed by atoms with Crippen molar-refractivity contribution in [3.8, 4) is 0 Å². The molecule has 4 nitrogen and oxygen atoms in total. The third kappa shape index (κ3) is 4.40. The van der Waals surface area contributed by atoms with Gasteiger partial charge in [-0.05, 0) is 57.3 Å². The highest BCUT2D eigenvalue weighted by molar-refractivity contribution is 14.1. The molecule has 1 rings (SSSR count). The molecule has 0 amide bonds. The average Bonchev–Trinajstić information content (AvgIpc) is 1.78. The lowest BCUT2D eigenvalue weighted by Gasteiger charge is -2.03. The zero-order chi connectivity index (χ0) is 10.1. The maximum Gasteiger partial charge on any atom is 0.230 e. The van der Waals surface area contributed by atoms with Gasteiger partial charge < -0.3 is 0 Å². The molecule has 0 unspecified atom stereocenters. The van der Waals surface area contributed by atoms with Gasteiger partial charge in [-0.2, -0.15) is 0 Å². The maximum atomic E-state index is 10.9. The second-order valence-corrected chi connectivity index (χ2v) is 6.47.